The molecule has 0 aliphatic rings. The summed E-state index contributed by atoms with van der Waals surface area (Å²) in [6.07, 6.45) is 3.84. The van der Waals surface area contributed by atoms with Gasteiger partial charge in [0.1, 0.15) is 0 Å². The molecular weight excluding hydrogens is 150 g/mol. The van der Waals surface area contributed by atoms with Gasteiger partial charge in [0.2, 0.25) is 0 Å². The van der Waals surface area contributed by atoms with Crippen LogP contribution in [-0.2, 0) is 6.54 Å². The minimum absolute atomic E-state index is 0.0870. The number of nitrogens with zero attached hydrogens (tertiary/aromatic N) is 1. The molecule has 0 amide bonds. The van der Waals surface area contributed by atoms with Crippen molar-refractivity contribution >= 4 is 0 Å². The Morgan fingerprint density at radius 2 is 2.58 bits per heavy atom. The molecule has 1 unspecified atom stereocenters. The zero-order chi connectivity index (χ0) is 8.81. The van der Waals surface area contributed by atoms with E-state index in [2.05, 4.69) is 16.4 Å². The maximum Gasteiger partial charge on any atom is 0.0666 e. The fourth-order valence-corrected chi connectivity index (χ4v) is 0.947. The predicted molar refractivity (Wildman–Crippen MR) is 47.3 cm³/mol. The molecule has 0 spiro atoms. The molecule has 3 heteroatoms. The van der Waals surface area contributed by atoms with Crippen molar-refractivity contribution in [3.8, 4) is 6.07 Å². The first-order chi connectivity index (χ1) is 5.83. The van der Waals surface area contributed by atoms with Crippen LogP contribution in [-0.4, -0.2) is 11.5 Å². The standard InChI is InChI=1S/C9H13N3/c1-8(4-10)5-12-7-9-2-3-11-6-9/h2-3,6,8,11-12H,5,7H2,1H3. The molecule has 0 radical (unpaired) electrons. The van der Waals surface area contributed by atoms with Gasteiger partial charge in [-0.1, -0.05) is 0 Å². The van der Waals surface area contributed by atoms with Gasteiger partial charge in [0.05, 0.1) is 12.0 Å². The van der Waals surface area contributed by atoms with Crippen LogP contribution >= 0.6 is 0 Å². The molecule has 0 saturated heterocycles. The highest BCUT2D eigenvalue weighted by Crippen LogP contribution is 1.95. The second-order valence-corrected chi connectivity index (χ2v) is 2.88. The summed E-state index contributed by atoms with van der Waals surface area (Å²) in [5.74, 6) is 0.0870. The first kappa shape index (κ1) is 8.82. The predicted octanol–water partition coefficient (Wildman–Crippen LogP) is 1.26. The Hall–Kier alpha value is -1.27. The number of H-pyrrole nitrogens is 1. The second-order valence-electron chi connectivity index (χ2n) is 2.88. The highest BCUT2D eigenvalue weighted by Gasteiger charge is 1.97. The van der Waals surface area contributed by atoms with Crippen molar-refractivity contribution in [1.29, 1.82) is 5.26 Å². The number of aromatic nitrogens is 1. The average Bonchev–Trinajstić information content (AvgIpc) is 2.57. The van der Waals surface area contributed by atoms with Crippen molar-refractivity contribution in [2.75, 3.05) is 6.54 Å². The van der Waals surface area contributed by atoms with Crippen LogP contribution < -0.4 is 5.32 Å². The molecule has 0 bridgehead atoms. The third-order valence-corrected chi connectivity index (χ3v) is 1.66. The Labute approximate surface area is 72.4 Å². The maximum absolute atomic E-state index is 8.50. The minimum Gasteiger partial charge on any atom is -0.367 e. The van der Waals surface area contributed by atoms with Crippen molar-refractivity contribution in [2.24, 2.45) is 5.92 Å². The highest BCUT2D eigenvalue weighted by molar-refractivity contribution is 5.07. The molecule has 1 aromatic heterocycles. The summed E-state index contributed by atoms with van der Waals surface area (Å²) in [6, 6.07) is 4.19. The summed E-state index contributed by atoms with van der Waals surface area (Å²) >= 11 is 0. The molecule has 12 heavy (non-hydrogen) atoms. The smallest absolute Gasteiger partial charge is 0.0666 e. The van der Waals surface area contributed by atoms with E-state index in [-0.39, 0.29) is 5.92 Å². The van der Waals surface area contributed by atoms with Crippen LogP contribution in [0.4, 0.5) is 0 Å². The van der Waals surface area contributed by atoms with Crippen LogP contribution in [0.25, 0.3) is 0 Å². The van der Waals surface area contributed by atoms with Crippen molar-refractivity contribution in [2.45, 2.75) is 13.5 Å². The lowest BCUT2D eigenvalue weighted by Gasteiger charge is -2.03. The first-order valence-corrected chi connectivity index (χ1v) is 4.05. The van der Waals surface area contributed by atoms with Gasteiger partial charge in [-0.05, 0) is 18.6 Å². The molecule has 1 heterocycles. The van der Waals surface area contributed by atoms with Crippen LogP contribution in [0.2, 0.25) is 0 Å². The Bertz CT molecular complexity index is 245. The van der Waals surface area contributed by atoms with Gasteiger partial charge in [-0.2, -0.15) is 5.26 Å². The average molecular weight is 163 g/mol. The largest absolute Gasteiger partial charge is 0.367 e. The molecule has 3 nitrogen and oxygen atoms in total. The summed E-state index contributed by atoms with van der Waals surface area (Å²) in [6.45, 7) is 3.49. The number of nitriles is 1. The molecule has 2 N–H and O–H groups in total. The van der Waals surface area contributed by atoms with Crippen LogP contribution in [0.3, 0.4) is 0 Å². The Morgan fingerprint density at radius 3 is 3.17 bits per heavy atom. The molecule has 64 valence electrons. The van der Waals surface area contributed by atoms with E-state index >= 15 is 0 Å². The zero-order valence-corrected chi connectivity index (χ0v) is 7.17. The lowest BCUT2D eigenvalue weighted by atomic mass is 10.2. The SMILES string of the molecule is CC(C#N)CNCc1cc[nH]c1. The lowest BCUT2D eigenvalue weighted by Crippen LogP contribution is -2.19. The van der Waals surface area contributed by atoms with Crippen LogP contribution in [0, 0.1) is 17.2 Å². The van der Waals surface area contributed by atoms with Crippen molar-refractivity contribution in [1.82, 2.24) is 10.3 Å². The normalized spacial score (nSPS) is 12.3. The van der Waals surface area contributed by atoms with Gasteiger partial charge >= 0.3 is 0 Å². The fourth-order valence-electron chi connectivity index (χ4n) is 0.947. The van der Waals surface area contributed by atoms with E-state index in [0.29, 0.717) is 0 Å². The Kier molecular flexibility index (Phi) is 3.36. The van der Waals surface area contributed by atoms with Gasteiger partial charge in [-0.3, -0.25) is 0 Å². The molecule has 0 aromatic carbocycles. The maximum atomic E-state index is 8.50. The number of hydrogen-bond acceptors (Lipinski definition) is 2. The molecule has 1 rings (SSSR count). The van der Waals surface area contributed by atoms with Gasteiger partial charge < -0.3 is 10.3 Å². The van der Waals surface area contributed by atoms with Crippen molar-refractivity contribution in [3.05, 3.63) is 24.0 Å². The van der Waals surface area contributed by atoms with E-state index in [9.17, 15) is 0 Å². The Balaban J connectivity index is 2.16. The van der Waals surface area contributed by atoms with Gasteiger partial charge in [0.25, 0.3) is 0 Å². The fraction of sp³-hybridized carbons (Fsp3) is 0.444. The zero-order valence-electron chi connectivity index (χ0n) is 7.17. The van der Waals surface area contributed by atoms with E-state index in [0.717, 1.165) is 13.1 Å². The molecule has 0 aliphatic carbocycles. The minimum atomic E-state index is 0.0870. The van der Waals surface area contributed by atoms with Gasteiger partial charge in [-0.15, -0.1) is 0 Å². The van der Waals surface area contributed by atoms with E-state index in [1.165, 1.54) is 5.56 Å². The van der Waals surface area contributed by atoms with E-state index in [1.807, 2.05) is 25.4 Å². The number of nitrogens with one attached hydrogen (secondary N) is 2. The van der Waals surface area contributed by atoms with Crippen molar-refractivity contribution < 1.29 is 0 Å². The summed E-state index contributed by atoms with van der Waals surface area (Å²) < 4.78 is 0. The lowest BCUT2D eigenvalue weighted by molar-refractivity contribution is 0.602. The Morgan fingerprint density at radius 1 is 1.75 bits per heavy atom. The van der Waals surface area contributed by atoms with Crippen LogP contribution in [0.15, 0.2) is 18.5 Å². The van der Waals surface area contributed by atoms with Gasteiger partial charge in [0, 0.05) is 25.5 Å². The van der Waals surface area contributed by atoms with Crippen molar-refractivity contribution in [3.63, 3.8) is 0 Å². The quantitative estimate of drug-likeness (QED) is 0.702. The van der Waals surface area contributed by atoms with Crippen LogP contribution in [0.5, 0.6) is 0 Å². The summed E-state index contributed by atoms with van der Waals surface area (Å²) in [5.41, 5.74) is 1.22. The molecule has 0 fully saturated rings. The van der Waals surface area contributed by atoms with E-state index in [1.54, 1.807) is 0 Å². The van der Waals surface area contributed by atoms with E-state index in [4.69, 9.17) is 5.26 Å². The highest BCUT2D eigenvalue weighted by atomic mass is 14.9. The molecule has 1 aromatic rings. The molecule has 0 aliphatic heterocycles. The van der Waals surface area contributed by atoms with Crippen LogP contribution in [0.1, 0.15) is 12.5 Å². The summed E-state index contributed by atoms with van der Waals surface area (Å²) in [4.78, 5) is 2.98. The summed E-state index contributed by atoms with van der Waals surface area (Å²) in [5, 5.41) is 11.7. The number of aromatic amines is 1. The third-order valence-electron chi connectivity index (χ3n) is 1.66. The number of hydrogen-bond donors (Lipinski definition) is 2. The molecule has 1 atom stereocenters. The molecule has 0 saturated carbocycles. The van der Waals surface area contributed by atoms with E-state index < -0.39 is 0 Å². The monoisotopic (exact) mass is 163 g/mol. The summed E-state index contributed by atoms with van der Waals surface area (Å²) in [7, 11) is 0. The molecular formula is C9H13N3. The third kappa shape index (κ3) is 2.77. The van der Waals surface area contributed by atoms with Gasteiger partial charge in [-0.25, -0.2) is 0 Å². The first-order valence-electron chi connectivity index (χ1n) is 4.05. The van der Waals surface area contributed by atoms with Gasteiger partial charge in [0.15, 0.2) is 0 Å². The second kappa shape index (κ2) is 4.58. The number of rotatable bonds is 4. The topological polar surface area (TPSA) is 51.6 Å².